The Morgan fingerprint density at radius 2 is 2.07 bits per heavy atom. The second-order valence-corrected chi connectivity index (χ2v) is 3.04. The third kappa shape index (κ3) is 3.95. The third-order valence-corrected chi connectivity index (χ3v) is 1.83. The summed E-state index contributed by atoms with van der Waals surface area (Å²) >= 11 is 0. The molecule has 0 saturated carbocycles. The highest BCUT2D eigenvalue weighted by Gasteiger charge is 2.10. The van der Waals surface area contributed by atoms with Gasteiger partial charge in [-0.05, 0) is 24.3 Å². The molecule has 0 unspecified atom stereocenters. The second-order valence-electron chi connectivity index (χ2n) is 3.04. The molecule has 0 aliphatic rings. The van der Waals surface area contributed by atoms with E-state index in [4.69, 9.17) is 15.6 Å². The quantitative estimate of drug-likeness (QED) is 0.765. The van der Waals surface area contributed by atoms with Crippen LogP contribution in [0.3, 0.4) is 0 Å². The summed E-state index contributed by atoms with van der Waals surface area (Å²) in [5, 5.41) is 8.49. The number of carbonyl (C=O) groups is 1. The molecule has 0 aliphatic carbocycles. The minimum absolute atomic E-state index is 0.194. The van der Waals surface area contributed by atoms with Crippen LogP contribution in [0.1, 0.15) is 6.42 Å². The lowest BCUT2D eigenvalue weighted by Gasteiger charge is -2.08. The summed E-state index contributed by atoms with van der Waals surface area (Å²) in [5.74, 6) is -0.906. The molecule has 1 aromatic carbocycles. The average molecular weight is 213 g/mol. The molecular weight excluding hydrogens is 201 g/mol. The van der Waals surface area contributed by atoms with Gasteiger partial charge in [-0.25, -0.2) is 4.39 Å². The molecule has 4 nitrogen and oxygen atoms in total. The Morgan fingerprint density at radius 3 is 2.60 bits per heavy atom. The molecule has 0 aromatic heterocycles. The maximum absolute atomic E-state index is 12.5. The molecule has 1 aromatic rings. The molecule has 0 aliphatic heterocycles. The van der Waals surface area contributed by atoms with Gasteiger partial charge < -0.3 is 15.6 Å². The monoisotopic (exact) mass is 213 g/mol. The number of hydrogen-bond acceptors (Lipinski definition) is 3. The van der Waals surface area contributed by atoms with Gasteiger partial charge in [-0.1, -0.05) is 0 Å². The zero-order valence-corrected chi connectivity index (χ0v) is 8.02. The Balaban J connectivity index is 2.32. The first-order valence-electron chi connectivity index (χ1n) is 4.46. The number of nitrogens with two attached hydrogens (primary N) is 1. The van der Waals surface area contributed by atoms with E-state index in [0.29, 0.717) is 5.75 Å². The molecule has 82 valence electrons. The Bertz CT molecular complexity index is 326. The van der Waals surface area contributed by atoms with E-state index >= 15 is 0 Å². The van der Waals surface area contributed by atoms with Gasteiger partial charge in [0.05, 0.1) is 6.61 Å². The molecule has 15 heavy (non-hydrogen) atoms. The van der Waals surface area contributed by atoms with E-state index < -0.39 is 12.0 Å². The molecule has 1 atom stereocenters. The van der Waals surface area contributed by atoms with Crippen LogP contribution in [0.5, 0.6) is 5.75 Å². The van der Waals surface area contributed by atoms with Crippen molar-refractivity contribution < 1.29 is 19.0 Å². The zero-order valence-electron chi connectivity index (χ0n) is 8.02. The van der Waals surface area contributed by atoms with Crippen molar-refractivity contribution in [2.24, 2.45) is 5.73 Å². The summed E-state index contributed by atoms with van der Waals surface area (Å²) in [6, 6.07) is 4.56. The van der Waals surface area contributed by atoms with Crippen LogP contribution in [-0.2, 0) is 4.79 Å². The first-order chi connectivity index (χ1) is 7.09. The van der Waals surface area contributed by atoms with Gasteiger partial charge in [-0.15, -0.1) is 0 Å². The molecule has 0 fully saturated rings. The van der Waals surface area contributed by atoms with Crippen molar-refractivity contribution in [3.8, 4) is 5.75 Å². The van der Waals surface area contributed by atoms with E-state index in [-0.39, 0.29) is 18.8 Å². The van der Waals surface area contributed by atoms with E-state index in [0.717, 1.165) is 0 Å². The Hall–Kier alpha value is -1.62. The van der Waals surface area contributed by atoms with Gasteiger partial charge in [0.1, 0.15) is 17.6 Å². The normalized spacial score (nSPS) is 12.1. The van der Waals surface area contributed by atoms with Crippen molar-refractivity contribution >= 4 is 5.97 Å². The first-order valence-corrected chi connectivity index (χ1v) is 4.46. The molecular formula is C10H12FNO3. The SMILES string of the molecule is N[C@@H](CCOc1ccc(F)cc1)C(=O)O. The molecule has 0 heterocycles. The summed E-state index contributed by atoms with van der Waals surface area (Å²) < 4.78 is 17.7. The van der Waals surface area contributed by atoms with Gasteiger partial charge in [0.15, 0.2) is 0 Å². The van der Waals surface area contributed by atoms with Crippen LogP contribution >= 0.6 is 0 Å². The topological polar surface area (TPSA) is 72.5 Å². The minimum atomic E-state index is -1.06. The van der Waals surface area contributed by atoms with Gasteiger partial charge in [-0.2, -0.15) is 0 Å². The fourth-order valence-corrected chi connectivity index (χ4v) is 0.958. The molecule has 0 bridgehead atoms. The van der Waals surface area contributed by atoms with Crippen molar-refractivity contribution in [2.45, 2.75) is 12.5 Å². The van der Waals surface area contributed by atoms with Crippen LogP contribution in [0, 0.1) is 5.82 Å². The largest absolute Gasteiger partial charge is 0.494 e. The molecule has 3 N–H and O–H groups in total. The lowest BCUT2D eigenvalue weighted by Crippen LogP contribution is -2.31. The number of carboxylic acid groups (broad SMARTS) is 1. The fourth-order valence-electron chi connectivity index (χ4n) is 0.958. The summed E-state index contributed by atoms with van der Waals surface area (Å²) in [6.45, 7) is 0.194. The second kappa shape index (κ2) is 5.31. The van der Waals surface area contributed by atoms with Gasteiger partial charge in [0, 0.05) is 6.42 Å². The molecule has 0 radical (unpaired) electrons. The van der Waals surface area contributed by atoms with E-state index in [1.807, 2.05) is 0 Å². The van der Waals surface area contributed by atoms with Crippen LogP contribution in [0.15, 0.2) is 24.3 Å². The van der Waals surface area contributed by atoms with E-state index in [9.17, 15) is 9.18 Å². The highest BCUT2D eigenvalue weighted by molar-refractivity contribution is 5.72. The summed E-state index contributed by atoms with van der Waals surface area (Å²) in [7, 11) is 0. The van der Waals surface area contributed by atoms with Crippen LogP contribution in [-0.4, -0.2) is 23.7 Å². The van der Waals surface area contributed by atoms with Crippen LogP contribution in [0.25, 0.3) is 0 Å². The van der Waals surface area contributed by atoms with E-state index in [2.05, 4.69) is 0 Å². The van der Waals surface area contributed by atoms with Crippen LogP contribution in [0.4, 0.5) is 4.39 Å². The summed E-state index contributed by atoms with van der Waals surface area (Å²) in [4.78, 5) is 10.4. The van der Waals surface area contributed by atoms with Crippen molar-refractivity contribution in [3.05, 3.63) is 30.1 Å². The number of halogens is 1. The van der Waals surface area contributed by atoms with Gasteiger partial charge in [-0.3, -0.25) is 4.79 Å². The molecule has 0 saturated heterocycles. The Labute approximate surface area is 86.5 Å². The molecule has 0 amide bonds. The highest BCUT2D eigenvalue weighted by atomic mass is 19.1. The number of hydrogen-bond donors (Lipinski definition) is 2. The summed E-state index contributed by atoms with van der Waals surface area (Å²) in [6.07, 6.45) is 0.215. The van der Waals surface area contributed by atoms with Gasteiger partial charge in [0.25, 0.3) is 0 Å². The molecule has 1 rings (SSSR count). The Morgan fingerprint density at radius 1 is 1.47 bits per heavy atom. The van der Waals surface area contributed by atoms with E-state index in [1.54, 1.807) is 0 Å². The lowest BCUT2D eigenvalue weighted by molar-refractivity contribution is -0.138. The number of ether oxygens (including phenoxy) is 1. The predicted octanol–water partition coefficient (Wildman–Crippen LogP) is 1.01. The maximum atomic E-state index is 12.5. The van der Waals surface area contributed by atoms with Crippen LogP contribution < -0.4 is 10.5 Å². The lowest BCUT2D eigenvalue weighted by atomic mass is 10.2. The third-order valence-electron chi connectivity index (χ3n) is 1.83. The Kier molecular flexibility index (Phi) is 4.05. The molecule has 0 spiro atoms. The molecule has 5 heteroatoms. The predicted molar refractivity (Wildman–Crippen MR) is 52.1 cm³/mol. The number of carboxylic acids is 1. The fraction of sp³-hybridized carbons (Fsp3) is 0.300. The van der Waals surface area contributed by atoms with Gasteiger partial charge >= 0.3 is 5.97 Å². The maximum Gasteiger partial charge on any atom is 0.320 e. The average Bonchev–Trinajstić information content (AvgIpc) is 2.20. The summed E-state index contributed by atoms with van der Waals surface area (Å²) in [5.41, 5.74) is 5.27. The van der Waals surface area contributed by atoms with Crippen LogP contribution in [0.2, 0.25) is 0 Å². The van der Waals surface area contributed by atoms with Crippen molar-refractivity contribution in [3.63, 3.8) is 0 Å². The van der Waals surface area contributed by atoms with E-state index in [1.165, 1.54) is 24.3 Å². The minimum Gasteiger partial charge on any atom is -0.494 e. The van der Waals surface area contributed by atoms with Crippen molar-refractivity contribution in [2.75, 3.05) is 6.61 Å². The van der Waals surface area contributed by atoms with Crippen molar-refractivity contribution in [1.82, 2.24) is 0 Å². The first kappa shape index (κ1) is 11.5. The van der Waals surface area contributed by atoms with Crippen molar-refractivity contribution in [1.29, 1.82) is 0 Å². The number of rotatable bonds is 5. The highest BCUT2D eigenvalue weighted by Crippen LogP contribution is 2.11. The zero-order chi connectivity index (χ0) is 11.3. The standard InChI is InChI=1S/C10H12FNO3/c11-7-1-3-8(4-2-7)15-6-5-9(12)10(13)14/h1-4,9H,5-6,12H2,(H,13,14)/t9-/m0/s1. The number of aliphatic carboxylic acids is 1. The number of benzene rings is 1. The smallest absolute Gasteiger partial charge is 0.320 e. The van der Waals surface area contributed by atoms with Gasteiger partial charge in [0.2, 0.25) is 0 Å².